The molecule has 2 amide bonds. The van der Waals surface area contributed by atoms with Crippen LogP contribution in [0, 0.1) is 12.8 Å². The molecule has 4 nitrogen and oxygen atoms in total. The number of nitrogens with zero attached hydrogens (tertiary/aromatic N) is 1. The van der Waals surface area contributed by atoms with Gasteiger partial charge in [-0.3, -0.25) is 9.59 Å². The summed E-state index contributed by atoms with van der Waals surface area (Å²) in [7, 11) is 0. The van der Waals surface area contributed by atoms with Crippen molar-refractivity contribution in [3.8, 4) is 0 Å². The number of amides is 2. The number of benzene rings is 1. The Kier molecular flexibility index (Phi) is 4.42. The number of nitrogens with one attached hydrogen (secondary N) is 1. The molecule has 1 aromatic rings. The van der Waals surface area contributed by atoms with Crippen molar-refractivity contribution in [1.82, 2.24) is 10.2 Å². The monoisotopic (exact) mass is 274 g/mol. The Hall–Kier alpha value is -1.84. The van der Waals surface area contributed by atoms with E-state index in [0.717, 1.165) is 5.56 Å². The van der Waals surface area contributed by atoms with Crippen LogP contribution in [0.2, 0.25) is 0 Å². The molecule has 1 saturated heterocycles. The second-order valence-electron chi connectivity index (χ2n) is 5.82. The average Bonchev–Trinajstić information content (AvgIpc) is 2.73. The molecule has 0 spiro atoms. The van der Waals surface area contributed by atoms with Crippen LogP contribution in [0.4, 0.5) is 0 Å². The van der Waals surface area contributed by atoms with E-state index in [0.29, 0.717) is 19.5 Å². The van der Waals surface area contributed by atoms with Gasteiger partial charge in [-0.2, -0.15) is 0 Å². The van der Waals surface area contributed by atoms with E-state index in [9.17, 15) is 9.59 Å². The number of hydrogen-bond acceptors (Lipinski definition) is 2. The highest BCUT2D eigenvalue weighted by molar-refractivity contribution is 5.89. The van der Waals surface area contributed by atoms with Gasteiger partial charge in [0.1, 0.15) is 0 Å². The molecule has 1 aromatic carbocycles. The standard InChI is InChI=1S/C16H22N2O2/c1-11(2)17-16(20)14-8-15(19)18(10-14)9-13-6-4-12(3)5-7-13/h4-7,11,14H,8-10H2,1-3H3,(H,17,20)/t14-/m1/s1. The van der Waals surface area contributed by atoms with Crippen molar-refractivity contribution in [2.24, 2.45) is 5.92 Å². The Morgan fingerprint density at radius 2 is 2.00 bits per heavy atom. The number of carbonyl (C=O) groups excluding carboxylic acids is 2. The maximum Gasteiger partial charge on any atom is 0.225 e. The smallest absolute Gasteiger partial charge is 0.225 e. The lowest BCUT2D eigenvalue weighted by Crippen LogP contribution is -2.36. The molecule has 0 radical (unpaired) electrons. The van der Waals surface area contributed by atoms with Gasteiger partial charge in [0.15, 0.2) is 0 Å². The summed E-state index contributed by atoms with van der Waals surface area (Å²) in [6, 6.07) is 8.26. The highest BCUT2D eigenvalue weighted by Gasteiger charge is 2.34. The molecule has 1 fully saturated rings. The third kappa shape index (κ3) is 3.59. The molecule has 4 heteroatoms. The van der Waals surface area contributed by atoms with Crippen molar-refractivity contribution >= 4 is 11.8 Å². The lowest BCUT2D eigenvalue weighted by atomic mass is 10.1. The third-order valence-electron chi connectivity index (χ3n) is 3.51. The molecule has 0 unspecified atom stereocenters. The van der Waals surface area contributed by atoms with Crippen LogP contribution in [0.3, 0.4) is 0 Å². The van der Waals surface area contributed by atoms with Gasteiger partial charge in [-0.05, 0) is 26.3 Å². The number of hydrogen-bond donors (Lipinski definition) is 1. The third-order valence-corrected chi connectivity index (χ3v) is 3.51. The fraction of sp³-hybridized carbons (Fsp3) is 0.500. The second-order valence-corrected chi connectivity index (χ2v) is 5.82. The Bertz CT molecular complexity index is 494. The summed E-state index contributed by atoms with van der Waals surface area (Å²) in [4.78, 5) is 25.7. The number of rotatable bonds is 4. The van der Waals surface area contributed by atoms with E-state index in [1.807, 2.05) is 45.0 Å². The summed E-state index contributed by atoms with van der Waals surface area (Å²) >= 11 is 0. The molecular formula is C16H22N2O2. The van der Waals surface area contributed by atoms with Gasteiger partial charge in [0.25, 0.3) is 0 Å². The molecule has 0 bridgehead atoms. The highest BCUT2D eigenvalue weighted by atomic mass is 16.2. The van der Waals surface area contributed by atoms with Crippen LogP contribution in [0.25, 0.3) is 0 Å². The summed E-state index contributed by atoms with van der Waals surface area (Å²) in [5.41, 5.74) is 2.31. The molecule has 20 heavy (non-hydrogen) atoms. The zero-order valence-electron chi connectivity index (χ0n) is 12.3. The first-order valence-corrected chi connectivity index (χ1v) is 7.09. The van der Waals surface area contributed by atoms with Crippen molar-refractivity contribution in [2.45, 2.75) is 39.8 Å². The molecular weight excluding hydrogens is 252 g/mol. The minimum atomic E-state index is -0.213. The topological polar surface area (TPSA) is 49.4 Å². The lowest BCUT2D eigenvalue weighted by molar-refractivity contribution is -0.129. The van der Waals surface area contributed by atoms with E-state index in [1.54, 1.807) is 4.90 Å². The molecule has 0 saturated carbocycles. The van der Waals surface area contributed by atoms with Crippen LogP contribution in [0.15, 0.2) is 24.3 Å². The van der Waals surface area contributed by atoms with Crippen LogP contribution >= 0.6 is 0 Å². The molecule has 108 valence electrons. The van der Waals surface area contributed by atoms with E-state index >= 15 is 0 Å². The predicted molar refractivity (Wildman–Crippen MR) is 78.0 cm³/mol. The van der Waals surface area contributed by atoms with Crippen LogP contribution in [0.1, 0.15) is 31.4 Å². The largest absolute Gasteiger partial charge is 0.354 e. The molecule has 1 heterocycles. The van der Waals surface area contributed by atoms with Gasteiger partial charge in [0, 0.05) is 25.6 Å². The van der Waals surface area contributed by atoms with Gasteiger partial charge in [0.05, 0.1) is 5.92 Å². The number of carbonyl (C=O) groups is 2. The second kappa shape index (κ2) is 6.07. The lowest BCUT2D eigenvalue weighted by Gasteiger charge is -2.17. The fourth-order valence-electron chi connectivity index (χ4n) is 2.42. The summed E-state index contributed by atoms with van der Waals surface area (Å²) in [6.07, 6.45) is 0.324. The molecule has 2 rings (SSSR count). The number of aryl methyl sites for hydroxylation is 1. The summed E-state index contributed by atoms with van der Waals surface area (Å²) in [5.74, 6) is -0.162. The zero-order chi connectivity index (χ0) is 14.7. The Balaban J connectivity index is 1.95. The predicted octanol–water partition coefficient (Wildman–Crippen LogP) is 1.87. The van der Waals surface area contributed by atoms with Crippen molar-refractivity contribution in [3.05, 3.63) is 35.4 Å². The zero-order valence-corrected chi connectivity index (χ0v) is 12.3. The maximum atomic E-state index is 12.0. The van der Waals surface area contributed by atoms with Gasteiger partial charge in [-0.15, -0.1) is 0 Å². The fourth-order valence-corrected chi connectivity index (χ4v) is 2.42. The minimum absolute atomic E-state index is 0.0141. The van der Waals surface area contributed by atoms with Crippen molar-refractivity contribution in [1.29, 1.82) is 0 Å². The van der Waals surface area contributed by atoms with Crippen molar-refractivity contribution in [2.75, 3.05) is 6.54 Å². The summed E-state index contributed by atoms with van der Waals surface area (Å²) in [6.45, 7) is 7.00. The minimum Gasteiger partial charge on any atom is -0.354 e. The Morgan fingerprint density at radius 1 is 1.35 bits per heavy atom. The van der Waals surface area contributed by atoms with Gasteiger partial charge in [-0.1, -0.05) is 29.8 Å². The van der Waals surface area contributed by atoms with E-state index in [4.69, 9.17) is 0 Å². The first-order valence-electron chi connectivity index (χ1n) is 7.09. The first-order chi connectivity index (χ1) is 9.45. The van der Waals surface area contributed by atoms with Crippen LogP contribution in [-0.2, 0) is 16.1 Å². The molecule has 1 N–H and O–H groups in total. The quantitative estimate of drug-likeness (QED) is 0.911. The average molecular weight is 274 g/mol. The molecule has 1 aliphatic heterocycles. The normalized spacial score (nSPS) is 18.7. The molecule has 0 aliphatic carbocycles. The van der Waals surface area contributed by atoms with E-state index < -0.39 is 0 Å². The van der Waals surface area contributed by atoms with E-state index in [2.05, 4.69) is 5.32 Å². The van der Waals surface area contributed by atoms with Crippen molar-refractivity contribution in [3.63, 3.8) is 0 Å². The van der Waals surface area contributed by atoms with Crippen molar-refractivity contribution < 1.29 is 9.59 Å². The Morgan fingerprint density at radius 3 is 2.60 bits per heavy atom. The summed E-state index contributed by atoms with van der Waals surface area (Å²) in [5, 5.41) is 2.88. The van der Waals surface area contributed by atoms with Crippen LogP contribution < -0.4 is 5.32 Å². The van der Waals surface area contributed by atoms with Crippen LogP contribution in [0.5, 0.6) is 0 Å². The Labute approximate surface area is 120 Å². The SMILES string of the molecule is Cc1ccc(CN2C[C@H](C(=O)NC(C)C)CC2=O)cc1. The highest BCUT2D eigenvalue weighted by Crippen LogP contribution is 2.20. The van der Waals surface area contributed by atoms with E-state index in [1.165, 1.54) is 5.56 Å². The summed E-state index contributed by atoms with van der Waals surface area (Å²) < 4.78 is 0. The maximum absolute atomic E-state index is 12.0. The van der Waals surface area contributed by atoms with Gasteiger partial charge >= 0.3 is 0 Å². The van der Waals surface area contributed by atoms with E-state index in [-0.39, 0.29) is 23.8 Å². The molecule has 0 aromatic heterocycles. The van der Waals surface area contributed by atoms with Crippen LogP contribution in [-0.4, -0.2) is 29.3 Å². The number of likely N-dealkylation sites (tertiary alicyclic amines) is 1. The van der Waals surface area contributed by atoms with Gasteiger partial charge in [0.2, 0.25) is 11.8 Å². The molecule has 1 atom stereocenters. The first kappa shape index (κ1) is 14.6. The molecule has 1 aliphatic rings. The van der Waals surface area contributed by atoms with Gasteiger partial charge in [-0.25, -0.2) is 0 Å². The van der Waals surface area contributed by atoms with Gasteiger partial charge < -0.3 is 10.2 Å².